The topological polar surface area (TPSA) is 57.0 Å². The van der Waals surface area contributed by atoms with E-state index in [0.29, 0.717) is 17.2 Å². The third-order valence-electron chi connectivity index (χ3n) is 3.16. The van der Waals surface area contributed by atoms with Crippen molar-refractivity contribution in [3.05, 3.63) is 29.6 Å². The highest BCUT2D eigenvalue weighted by Gasteiger charge is 2.30. The van der Waals surface area contributed by atoms with Crippen LogP contribution in [0.5, 0.6) is 0 Å². The second-order valence-corrected chi connectivity index (χ2v) is 4.69. The summed E-state index contributed by atoms with van der Waals surface area (Å²) in [5.41, 5.74) is 0.898. The number of hydrogen-bond acceptors (Lipinski definition) is 3. The Morgan fingerprint density at radius 1 is 1.53 bits per heavy atom. The summed E-state index contributed by atoms with van der Waals surface area (Å²) in [5.74, 6) is 0.513. The summed E-state index contributed by atoms with van der Waals surface area (Å²) >= 11 is 0. The molecule has 2 rings (SSSR count). The molecule has 4 nitrogen and oxygen atoms in total. The van der Waals surface area contributed by atoms with Gasteiger partial charge in [-0.3, -0.25) is 4.79 Å². The van der Waals surface area contributed by atoms with E-state index in [9.17, 15) is 4.79 Å². The standard InChI is InChI=1S/C13H15N3O/c1-9-5-10(2)16(8-9)13(17)12-4-3-11(6-14)7-15-12/h3-4,7,9-10H,5,8H2,1-2H3. The van der Waals surface area contributed by atoms with Gasteiger partial charge in [-0.1, -0.05) is 6.92 Å². The molecular weight excluding hydrogens is 214 g/mol. The number of aromatic nitrogens is 1. The first-order valence-electron chi connectivity index (χ1n) is 5.79. The van der Waals surface area contributed by atoms with Gasteiger partial charge in [0.15, 0.2) is 0 Å². The molecule has 1 amide bonds. The lowest BCUT2D eigenvalue weighted by Crippen LogP contribution is -2.34. The van der Waals surface area contributed by atoms with Gasteiger partial charge in [0.2, 0.25) is 0 Å². The highest BCUT2D eigenvalue weighted by Crippen LogP contribution is 2.23. The number of carbonyl (C=O) groups excluding carboxylic acids is 1. The molecular formula is C13H15N3O. The second-order valence-electron chi connectivity index (χ2n) is 4.69. The fraction of sp³-hybridized carbons (Fsp3) is 0.462. The molecule has 17 heavy (non-hydrogen) atoms. The predicted octanol–water partition coefficient (Wildman–Crippen LogP) is 1.82. The van der Waals surface area contributed by atoms with Crippen molar-refractivity contribution < 1.29 is 4.79 Å². The van der Waals surface area contributed by atoms with Crippen molar-refractivity contribution in [2.24, 2.45) is 5.92 Å². The van der Waals surface area contributed by atoms with Crippen LogP contribution in [0, 0.1) is 17.2 Å². The van der Waals surface area contributed by atoms with Crippen molar-refractivity contribution >= 4 is 5.91 Å². The van der Waals surface area contributed by atoms with Gasteiger partial charge < -0.3 is 4.90 Å². The number of amides is 1. The van der Waals surface area contributed by atoms with Crippen LogP contribution in [-0.4, -0.2) is 28.4 Å². The van der Waals surface area contributed by atoms with E-state index in [-0.39, 0.29) is 11.9 Å². The van der Waals surface area contributed by atoms with Gasteiger partial charge in [0, 0.05) is 18.8 Å². The fourth-order valence-electron chi connectivity index (χ4n) is 2.32. The molecule has 0 radical (unpaired) electrons. The smallest absolute Gasteiger partial charge is 0.272 e. The van der Waals surface area contributed by atoms with Gasteiger partial charge in [-0.15, -0.1) is 0 Å². The van der Waals surface area contributed by atoms with E-state index in [1.54, 1.807) is 12.1 Å². The maximum atomic E-state index is 12.2. The van der Waals surface area contributed by atoms with Crippen molar-refractivity contribution in [1.82, 2.24) is 9.88 Å². The molecule has 2 atom stereocenters. The zero-order chi connectivity index (χ0) is 12.4. The van der Waals surface area contributed by atoms with Crippen LogP contribution in [0.1, 0.15) is 36.3 Å². The van der Waals surface area contributed by atoms with E-state index in [2.05, 4.69) is 18.8 Å². The third-order valence-corrected chi connectivity index (χ3v) is 3.16. The van der Waals surface area contributed by atoms with Crippen LogP contribution in [0.4, 0.5) is 0 Å². The van der Waals surface area contributed by atoms with Crippen LogP contribution in [-0.2, 0) is 0 Å². The molecule has 1 aliphatic heterocycles. The van der Waals surface area contributed by atoms with Crippen molar-refractivity contribution in [3.63, 3.8) is 0 Å². The third kappa shape index (κ3) is 2.28. The first kappa shape index (κ1) is 11.6. The van der Waals surface area contributed by atoms with Crippen LogP contribution in [0.3, 0.4) is 0 Å². The lowest BCUT2D eigenvalue weighted by Gasteiger charge is -2.20. The summed E-state index contributed by atoms with van der Waals surface area (Å²) in [5, 5.41) is 8.67. The van der Waals surface area contributed by atoms with E-state index in [0.717, 1.165) is 13.0 Å². The van der Waals surface area contributed by atoms with Crippen LogP contribution in [0.2, 0.25) is 0 Å². The molecule has 0 spiro atoms. The van der Waals surface area contributed by atoms with E-state index in [4.69, 9.17) is 5.26 Å². The molecule has 0 aliphatic carbocycles. The van der Waals surface area contributed by atoms with Crippen LogP contribution >= 0.6 is 0 Å². The number of nitriles is 1. The molecule has 1 aliphatic rings. The number of carbonyl (C=O) groups is 1. The molecule has 0 bridgehead atoms. The molecule has 1 aromatic rings. The molecule has 1 saturated heterocycles. The van der Waals surface area contributed by atoms with Crippen LogP contribution < -0.4 is 0 Å². The maximum absolute atomic E-state index is 12.2. The average Bonchev–Trinajstić information content (AvgIpc) is 2.68. The quantitative estimate of drug-likeness (QED) is 0.738. The predicted molar refractivity (Wildman–Crippen MR) is 63.2 cm³/mol. The van der Waals surface area contributed by atoms with Crippen molar-refractivity contribution in [2.45, 2.75) is 26.3 Å². The van der Waals surface area contributed by atoms with Crippen molar-refractivity contribution in [1.29, 1.82) is 5.26 Å². The Morgan fingerprint density at radius 3 is 2.76 bits per heavy atom. The summed E-state index contributed by atoms with van der Waals surface area (Å²) in [6, 6.07) is 5.52. The Labute approximate surface area is 101 Å². The first-order valence-corrected chi connectivity index (χ1v) is 5.79. The maximum Gasteiger partial charge on any atom is 0.272 e. The highest BCUT2D eigenvalue weighted by atomic mass is 16.2. The van der Waals surface area contributed by atoms with Gasteiger partial charge in [-0.2, -0.15) is 5.26 Å². The summed E-state index contributed by atoms with van der Waals surface area (Å²) in [6.45, 7) is 5.00. The fourth-order valence-corrected chi connectivity index (χ4v) is 2.32. The first-order chi connectivity index (χ1) is 8.11. The summed E-state index contributed by atoms with van der Waals surface area (Å²) in [6.07, 6.45) is 2.49. The monoisotopic (exact) mass is 229 g/mol. The van der Waals surface area contributed by atoms with Crippen LogP contribution in [0.25, 0.3) is 0 Å². The molecule has 2 heterocycles. The van der Waals surface area contributed by atoms with E-state index in [1.165, 1.54) is 6.20 Å². The minimum absolute atomic E-state index is 0.0358. The normalized spacial score (nSPS) is 23.5. The Balaban J connectivity index is 2.17. The van der Waals surface area contributed by atoms with Gasteiger partial charge in [0.25, 0.3) is 5.91 Å². The van der Waals surface area contributed by atoms with E-state index in [1.807, 2.05) is 11.0 Å². The summed E-state index contributed by atoms with van der Waals surface area (Å²) < 4.78 is 0. The lowest BCUT2D eigenvalue weighted by molar-refractivity contribution is 0.0738. The molecule has 1 fully saturated rings. The zero-order valence-corrected chi connectivity index (χ0v) is 10.1. The molecule has 0 N–H and O–H groups in total. The molecule has 0 saturated carbocycles. The SMILES string of the molecule is CC1CC(C)N(C(=O)c2ccc(C#N)cn2)C1. The summed E-state index contributed by atoms with van der Waals surface area (Å²) in [4.78, 5) is 18.1. The highest BCUT2D eigenvalue weighted by molar-refractivity contribution is 5.92. The number of pyridine rings is 1. The number of nitrogens with zero attached hydrogens (tertiary/aromatic N) is 3. The molecule has 0 aromatic carbocycles. The molecule has 88 valence electrons. The Hall–Kier alpha value is -1.89. The number of likely N-dealkylation sites (tertiary alicyclic amines) is 1. The van der Waals surface area contributed by atoms with Crippen molar-refractivity contribution in [3.8, 4) is 6.07 Å². The van der Waals surface area contributed by atoms with Gasteiger partial charge in [0.05, 0.1) is 5.56 Å². The van der Waals surface area contributed by atoms with Gasteiger partial charge in [0.1, 0.15) is 11.8 Å². The summed E-state index contributed by atoms with van der Waals surface area (Å²) in [7, 11) is 0. The Morgan fingerprint density at radius 2 is 2.29 bits per heavy atom. The minimum Gasteiger partial charge on any atom is -0.334 e. The van der Waals surface area contributed by atoms with Crippen molar-refractivity contribution in [2.75, 3.05) is 6.54 Å². The number of rotatable bonds is 1. The number of hydrogen-bond donors (Lipinski definition) is 0. The van der Waals surface area contributed by atoms with Gasteiger partial charge in [-0.05, 0) is 31.4 Å². The van der Waals surface area contributed by atoms with Crippen LogP contribution in [0.15, 0.2) is 18.3 Å². The Bertz CT molecular complexity index is 461. The van der Waals surface area contributed by atoms with E-state index < -0.39 is 0 Å². The Kier molecular flexibility index (Phi) is 3.10. The minimum atomic E-state index is -0.0358. The molecule has 4 heteroatoms. The van der Waals surface area contributed by atoms with Gasteiger partial charge >= 0.3 is 0 Å². The largest absolute Gasteiger partial charge is 0.334 e. The molecule has 2 unspecified atom stereocenters. The lowest BCUT2D eigenvalue weighted by atomic mass is 10.1. The van der Waals surface area contributed by atoms with E-state index >= 15 is 0 Å². The molecule has 1 aromatic heterocycles. The zero-order valence-electron chi connectivity index (χ0n) is 10.1. The van der Waals surface area contributed by atoms with Gasteiger partial charge in [-0.25, -0.2) is 4.98 Å². The average molecular weight is 229 g/mol. The second kappa shape index (κ2) is 4.54.